The number of allylic oxidation sites excluding steroid dienone is 1. The van der Waals surface area contributed by atoms with Crippen LogP contribution in [0.25, 0.3) is 23.9 Å². The van der Waals surface area contributed by atoms with Crippen molar-refractivity contribution >= 4 is 23.9 Å². The van der Waals surface area contributed by atoms with E-state index in [4.69, 9.17) is 0 Å². The standard InChI is InChI=1S/C18H20/c1-12(2)9-10-16-7-6-8-17-15(5)13(3)11-14(4)18(16)17/h6-8,11H,1,4-5,9-10H2,2-3H3. The highest BCUT2D eigenvalue weighted by atomic mass is 14.1. The van der Waals surface area contributed by atoms with Crippen LogP contribution in [0.3, 0.4) is 0 Å². The monoisotopic (exact) mass is 236 g/mol. The minimum absolute atomic E-state index is 1.03. The molecule has 0 fully saturated rings. The molecule has 0 heterocycles. The first-order valence-electron chi connectivity index (χ1n) is 6.34. The zero-order valence-electron chi connectivity index (χ0n) is 11.3. The van der Waals surface area contributed by atoms with Crippen molar-refractivity contribution in [2.45, 2.75) is 26.7 Å². The molecule has 2 aromatic carbocycles. The van der Waals surface area contributed by atoms with Gasteiger partial charge in [0.15, 0.2) is 0 Å². The van der Waals surface area contributed by atoms with Gasteiger partial charge in [0.25, 0.3) is 0 Å². The highest BCUT2D eigenvalue weighted by molar-refractivity contribution is 5.87. The zero-order valence-corrected chi connectivity index (χ0v) is 11.3. The van der Waals surface area contributed by atoms with Crippen molar-refractivity contribution in [2.24, 2.45) is 0 Å². The van der Waals surface area contributed by atoms with E-state index < -0.39 is 0 Å². The third-order valence-electron chi connectivity index (χ3n) is 3.48. The molecule has 0 saturated carbocycles. The number of hydrogen-bond acceptors (Lipinski definition) is 0. The summed E-state index contributed by atoms with van der Waals surface area (Å²) in [4.78, 5) is 0. The van der Waals surface area contributed by atoms with Gasteiger partial charge in [-0.15, -0.1) is 6.58 Å². The Balaban J connectivity index is 2.70. The van der Waals surface area contributed by atoms with Crippen LogP contribution < -0.4 is 10.4 Å². The van der Waals surface area contributed by atoms with Gasteiger partial charge < -0.3 is 0 Å². The van der Waals surface area contributed by atoms with Crippen molar-refractivity contribution < 1.29 is 0 Å². The first-order chi connectivity index (χ1) is 8.50. The first kappa shape index (κ1) is 12.6. The van der Waals surface area contributed by atoms with Gasteiger partial charge in [0.2, 0.25) is 0 Å². The Morgan fingerprint density at radius 3 is 2.61 bits per heavy atom. The molecule has 0 atom stereocenters. The average molecular weight is 236 g/mol. The molecule has 0 N–H and O–H groups in total. The molecule has 18 heavy (non-hydrogen) atoms. The minimum Gasteiger partial charge on any atom is -0.100 e. The molecule has 0 aliphatic carbocycles. The van der Waals surface area contributed by atoms with Crippen molar-refractivity contribution in [2.75, 3.05) is 0 Å². The summed E-state index contributed by atoms with van der Waals surface area (Å²) in [6, 6.07) is 8.58. The van der Waals surface area contributed by atoms with Crippen molar-refractivity contribution in [1.82, 2.24) is 0 Å². The topological polar surface area (TPSA) is 0 Å². The van der Waals surface area contributed by atoms with E-state index in [-0.39, 0.29) is 0 Å². The summed E-state index contributed by atoms with van der Waals surface area (Å²) in [6.07, 6.45) is 2.05. The van der Waals surface area contributed by atoms with E-state index in [1.54, 1.807) is 0 Å². The van der Waals surface area contributed by atoms with E-state index in [0.29, 0.717) is 0 Å². The Hall–Kier alpha value is -1.82. The Labute approximate surface area is 109 Å². The molecule has 0 unspecified atom stereocenters. The molecule has 92 valence electrons. The lowest BCUT2D eigenvalue weighted by Crippen LogP contribution is -2.14. The third kappa shape index (κ3) is 2.24. The second kappa shape index (κ2) is 4.81. The average Bonchev–Trinajstić information content (AvgIpc) is 2.33. The molecule has 2 aromatic rings. The van der Waals surface area contributed by atoms with Crippen LogP contribution in [-0.4, -0.2) is 0 Å². The second-order valence-corrected chi connectivity index (χ2v) is 5.13. The number of rotatable bonds is 3. The van der Waals surface area contributed by atoms with Gasteiger partial charge in [0.05, 0.1) is 0 Å². The van der Waals surface area contributed by atoms with Crippen LogP contribution in [0.5, 0.6) is 0 Å². The van der Waals surface area contributed by atoms with E-state index in [1.807, 2.05) is 0 Å². The number of benzene rings is 2. The smallest absolute Gasteiger partial charge is 0.00792 e. The zero-order chi connectivity index (χ0) is 13.3. The lowest BCUT2D eigenvalue weighted by atomic mass is 9.95. The van der Waals surface area contributed by atoms with Crippen LogP contribution in [0, 0.1) is 6.92 Å². The molecule has 0 nitrogen and oxygen atoms in total. The molecule has 0 amide bonds. The summed E-state index contributed by atoms with van der Waals surface area (Å²) in [7, 11) is 0. The van der Waals surface area contributed by atoms with Crippen LogP contribution in [0.15, 0.2) is 36.4 Å². The first-order valence-corrected chi connectivity index (χ1v) is 6.34. The fraction of sp³-hybridized carbons (Fsp3) is 0.222. The summed E-state index contributed by atoms with van der Waals surface area (Å²) in [5.41, 5.74) is 3.79. The van der Waals surface area contributed by atoms with Gasteiger partial charge in [0.1, 0.15) is 0 Å². The van der Waals surface area contributed by atoms with Crippen molar-refractivity contribution in [3.05, 3.63) is 58.0 Å². The van der Waals surface area contributed by atoms with Crippen LogP contribution in [-0.2, 0) is 6.42 Å². The van der Waals surface area contributed by atoms with E-state index in [0.717, 1.165) is 23.3 Å². The Morgan fingerprint density at radius 1 is 1.22 bits per heavy atom. The summed E-state index contributed by atoms with van der Waals surface area (Å²) >= 11 is 0. The van der Waals surface area contributed by atoms with Crippen LogP contribution >= 0.6 is 0 Å². The molecule has 0 aromatic heterocycles. The van der Waals surface area contributed by atoms with Crippen LogP contribution in [0.4, 0.5) is 0 Å². The van der Waals surface area contributed by atoms with Crippen molar-refractivity contribution in [1.29, 1.82) is 0 Å². The number of hydrogen-bond donors (Lipinski definition) is 0. The summed E-state index contributed by atoms with van der Waals surface area (Å²) in [5.74, 6) is 0. The van der Waals surface area contributed by atoms with Gasteiger partial charge in [-0.2, -0.15) is 0 Å². The molecule has 0 aliphatic rings. The third-order valence-corrected chi connectivity index (χ3v) is 3.48. The van der Waals surface area contributed by atoms with Crippen LogP contribution in [0.1, 0.15) is 24.5 Å². The summed E-state index contributed by atoms with van der Waals surface area (Å²) in [6.45, 7) is 16.5. The maximum atomic E-state index is 4.19. The van der Waals surface area contributed by atoms with Gasteiger partial charge in [-0.3, -0.25) is 0 Å². The van der Waals surface area contributed by atoms with Gasteiger partial charge in [-0.25, -0.2) is 0 Å². The predicted octanol–water partition coefficient (Wildman–Crippen LogP) is 3.48. The maximum absolute atomic E-state index is 4.19. The molecular weight excluding hydrogens is 216 g/mol. The molecule has 0 radical (unpaired) electrons. The largest absolute Gasteiger partial charge is 0.100 e. The molecule has 0 spiro atoms. The predicted molar refractivity (Wildman–Crippen MR) is 82.1 cm³/mol. The normalized spacial score (nSPS) is 10.8. The summed E-state index contributed by atoms with van der Waals surface area (Å²) < 4.78 is 0. The SMILES string of the molecule is C=C(C)CCc1cccc2c(=C)c(C)cc(=C)c12. The Morgan fingerprint density at radius 2 is 1.94 bits per heavy atom. The second-order valence-electron chi connectivity index (χ2n) is 5.13. The Bertz CT molecular complexity index is 705. The fourth-order valence-electron chi connectivity index (χ4n) is 2.42. The van der Waals surface area contributed by atoms with Gasteiger partial charge >= 0.3 is 0 Å². The van der Waals surface area contributed by atoms with Gasteiger partial charge in [0, 0.05) is 0 Å². The number of aryl methyl sites for hydroxylation is 2. The molecule has 0 aliphatic heterocycles. The van der Waals surface area contributed by atoms with Gasteiger partial charge in [-0.05, 0) is 59.0 Å². The molecule has 0 heteroatoms. The van der Waals surface area contributed by atoms with E-state index in [9.17, 15) is 0 Å². The van der Waals surface area contributed by atoms with Crippen LogP contribution in [0.2, 0.25) is 0 Å². The Kier molecular flexibility index (Phi) is 3.38. The molecule has 2 rings (SSSR count). The lowest BCUT2D eigenvalue weighted by molar-refractivity contribution is 0.953. The van der Waals surface area contributed by atoms with Gasteiger partial charge in [-0.1, -0.05) is 43.0 Å². The molecule has 0 saturated heterocycles. The highest BCUT2D eigenvalue weighted by Crippen LogP contribution is 2.16. The molecular formula is C18H20. The fourth-order valence-corrected chi connectivity index (χ4v) is 2.42. The quantitative estimate of drug-likeness (QED) is 0.716. The minimum atomic E-state index is 1.03. The van der Waals surface area contributed by atoms with E-state index >= 15 is 0 Å². The lowest BCUT2D eigenvalue weighted by Gasteiger charge is -2.09. The van der Waals surface area contributed by atoms with Crippen molar-refractivity contribution in [3.63, 3.8) is 0 Å². The highest BCUT2D eigenvalue weighted by Gasteiger charge is 2.04. The number of fused-ring (bicyclic) bond motifs is 1. The van der Waals surface area contributed by atoms with E-state index in [1.165, 1.54) is 27.5 Å². The maximum Gasteiger partial charge on any atom is -0.00792 e. The van der Waals surface area contributed by atoms with E-state index in [2.05, 4.69) is 57.8 Å². The molecule has 0 bridgehead atoms. The van der Waals surface area contributed by atoms with Crippen molar-refractivity contribution in [3.8, 4) is 0 Å². The summed E-state index contributed by atoms with van der Waals surface area (Å²) in [5, 5.41) is 4.73.